The summed E-state index contributed by atoms with van der Waals surface area (Å²) in [5.41, 5.74) is 3.14. The molecule has 2 aromatic carbocycles. The minimum absolute atomic E-state index is 0.197. The third kappa shape index (κ3) is 5.56. The highest BCUT2D eigenvalue weighted by molar-refractivity contribution is 7.13. The lowest BCUT2D eigenvalue weighted by atomic mass is 9.82. The third-order valence-corrected chi connectivity index (χ3v) is 7.23. The van der Waals surface area contributed by atoms with Crippen LogP contribution in [-0.4, -0.2) is 31.2 Å². The van der Waals surface area contributed by atoms with E-state index in [1.54, 1.807) is 7.11 Å². The Kier molecular flexibility index (Phi) is 7.48. The highest BCUT2D eigenvalue weighted by atomic mass is 32.1. The molecule has 0 unspecified atom stereocenters. The van der Waals surface area contributed by atoms with Gasteiger partial charge in [-0.1, -0.05) is 38.1 Å². The monoisotopic (exact) mass is 482 g/mol. The molecule has 3 N–H and O–H groups in total. The molecule has 0 aliphatic carbocycles. The van der Waals surface area contributed by atoms with E-state index < -0.39 is 0 Å². The first kappa shape index (κ1) is 24.2. The lowest BCUT2D eigenvalue weighted by Crippen LogP contribution is -2.28. The lowest BCUT2D eigenvalue weighted by Gasteiger charge is -2.23. The first-order valence-corrected chi connectivity index (χ1v) is 12.4. The van der Waals surface area contributed by atoms with Crippen molar-refractivity contribution >= 4 is 22.5 Å². The number of hydrogen-bond donors (Lipinski definition) is 3. The SMILES string of the molecule is COc1ccc(C(C)(C)c2csc(NC(=O)NCc3ccc(C4CCNCC4)c(F)c3)n2)cc1. The van der Waals surface area contributed by atoms with E-state index in [1.165, 1.54) is 17.4 Å². The fourth-order valence-corrected chi connectivity index (χ4v) is 5.12. The molecule has 0 atom stereocenters. The Hall–Kier alpha value is -2.97. The van der Waals surface area contributed by atoms with Gasteiger partial charge in [0.25, 0.3) is 0 Å². The van der Waals surface area contributed by atoms with Crippen molar-refractivity contribution in [2.45, 2.75) is 44.6 Å². The number of anilines is 1. The Morgan fingerprint density at radius 1 is 1.21 bits per heavy atom. The molecule has 0 radical (unpaired) electrons. The average molecular weight is 483 g/mol. The zero-order valence-electron chi connectivity index (χ0n) is 19.8. The fraction of sp³-hybridized carbons (Fsp3) is 0.385. The van der Waals surface area contributed by atoms with Gasteiger partial charge in [-0.05, 0) is 66.7 Å². The number of piperidine rings is 1. The second kappa shape index (κ2) is 10.5. The number of nitrogens with zero attached hydrogens (tertiary/aromatic N) is 1. The number of halogens is 1. The molecule has 0 bridgehead atoms. The van der Waals surface area contributed by atoms with Gasteiger partial charge in [-0.2, -0.15) is 0 Å². The standard InChI is InChI=1S/C26H31FN4O2S/c1-26(2,19-5-7-20(33-3)8-6-19)23-16-34-25(30-23)31-24(32)29-15-17-4-9-21(22(27)14-17)18-10-12-28-13-11-18/h4-9,14,16,18,28H,10-13,15H2,1-3H3,(H2,29,30,31,32). The average Bonchev–Trinajstić information content (AvgIpc) is 3.33. The first-order chi connectivity index (χ1) is 16.4. The number of amides is 2. The molecule has 2 heterocycles. The summed E-state index contributed by atoms with van der Waals surface area (Å²) in [6.07, 6.45) is 1.89. The second-order valence-corrected chi connectivity index (χ2v) is 9.94. The Labute approximate surface area is 204 Å². The van der Waals surface area contributed by atoms with E-state index in [0.717, 1.165) is 54.1 Å². The lowest BCUT2D eigenvalue weighted by molar-refractivity contribution is 0.251. The fourth-order valence-electron chi connectivity index (χ4n) is 4.24. The summed E-state index contributed by atoms with van der Waals surface area (Å²) >= 11 is 1.38. The van der Waals surface area contributed by atoms with Gasteiger partial charge in [0.05, 0.1) is 12.8 Å². The molecule has 8 heteroatoms. The number of hydrogen-bond acceptors (Lipinski definition) is 5. The smallest absolute Gasteiger partial charge is 0.321 e. The second-order valence-electron chi connectivity index (χ2n) is 9.08. The van der Waals surface area contributed by atoms with Crippen molar-refractivity contribution < 1.29 is 13.9 Å². The molecule has 1 fully saturated rings. The number of urea groups is 1. The highest BCUT2D eigenvalue weighted by Crippen LogP contribution is 2.34. The molecule has 1 aromatic heterocycles. The maximum absolute atomic E-state index is 14.6. The summed E-state index contributed by atoms with van der Waals surface area (Å²) in [4.78, 5) is 17.0. The summed E-state index contributed by atoms with van der Waals surface area (Å²) in [6, 6.07) is 12.8. The van der Waals surface area contributed by atoms with Crippen LogP contribution in [0, 0.1) is 5.82 Å². The Bertz CT molecular complexity index is 1120. The number of thiazole rings is 1. The minimum atomic E-state index is -0.369. The van der Waals surface area contributed by atoms with E-state index >= 15 is 0 Å². The number of methoxy groups -OCH3 is 1. The molecule has 180 valence electrons. The highest BCUT2D eigenvalue weighted by Gasteiger charge is 2.26. The van der Waals surface area contributed by atoms with Gasteiger partial charge in [0.2, 0.25) is 0 Å². The maximum atomic E-state index is 14.6. The number of ether oxygens (including phenoxy) is 1. The molecule has 3 aromatic rings. The maximum Gasteiger partial charge on any atom is 0.321 e. The molecule has 34 heavy (non-hydrogen) atoms. The van der Waals surface area contributed by atoms with Crippen LogP contribution in [0.3, 0.4) is 0 Å². The van der Waals surface area contributed by atoms with E-state index in [0.29, 0.717) is 5.13 Å². The van der Waals surface area contributed by atoms with E-state index in [-0.39, 0.29) is 29.7 Å². The van der Waals surface area contributed by atoms with Gasteiger partial charge >= 0.3 is 6.03 Å². The van der Waals surface area contributed by atoms with Crippen molar-refractivity contribution in [2.24, 2.45) is 0 Å². The van der Waals surface area contributed by atoms with Crippen molar-refractivity contribution in [3.63, 3.8) is 0 Å². The minimum Gasteiger partial charge on any atom is -0.497 e. The predicted octanol–water partition coefficient (Wildman–Crippen LogP) is 5.41. The van der Waals surface area contributed by atoms with Crippen LogP contribution in [0.2, 0.25) is 0 Å². The zero-order valence-corrected chi connectivity index (χ0v) is 20.6. The van der Waals surface area contributed by atoms with Crippen LogP contribution in [0.4, 0.5) is 14.3 Å². The molecule has 6 nitrogen and oxygen atoms in total. The quantitative estimate of drug-likeness (QED) is 0.421. The predicted molar refractivity (Wildman–Crippen MR) is 134 cm³/mol. The van der Waals surface area contributed by atoms with Crippen molar-refractivity contribution in [3.8, 4) is 5.75 Å². The zero-order chi connectivity index (χ0) is 24.1. The van der Waals surface area contributed by atoms with Crippen LogP contribution in [0.1, 0.15) is 55.0 Å². The Morgan fingerprint density at radius 3 is 2.62 bits per heavy atom. The molecule has 0 saturated carbocycles. The number of aromatic nitrogens is 1. The van der Waals surface area contributed by atoms with E-state index in [4.69, 9.17) is 4.74 Å². The summed E-state index contributed by atoms with van der Waals surface area (Å²) in [7, 11) is 1.64. The van der Waals surface area contributed by atoms with Crippen LogP contribution in [0.5, 0.6) is 5.75 Å². The van der Waals surface area contributed by atoms with Gasteiger partial charge in [0, 0.05) is 17.3 Å². The molecule has 4 rings (SSSR count). The third-order valence-electron chi connectivity index (χ3n) is 6.47. The van der Waals surface area contributed by atoms with E-state index in [9.17, 15) is 9.18 Å². The molecule has 1 saturated heterocycles. The molecular weight excluding hydrogens is 451 g/mol. The van der Waals surface area contributed by atoms with E-state index in [1.807, 2.05) is 41.8 Å². The molecule has 1 aliphatic rings. The van der Waals surface area contributed by atoms with Crippen LogP contribution >= 0.6 is 11.3 Å². The first-order valence-electron chi connectivity index (χ1n) is 11.5. The summed E-state index contributed by atoms with van der Waals surface area (Å²) in [5, 5.41) is 11.4. The molecule has 1 aliphatic heterocycles. The molecular formula is C26H31FN4O2S. The molecule has 0 spiro atoms. The topological polar surface area (TPSA) is 75.3 Å². The van der Waals surface area contributed by atoms with Gasteiger partial charge in [0.15, 0.2) is 5.13 Å². The van der Waals surface area contributed by atoms with Crippen molar-refractivity contribution in [1.82, 2.24) is 15.6 Å². The largest absolute Gasteiger partial charge is 0.497 e. The van der Waals surface area contributed by atoms with Gasteiger partial charge < -0.3 is 15.4 Å². The van der Waals surface area contributed by atoms with Gasteiger partial charge in [0.1, 0.15) is 11.6 Å². The number of carbonyl (C=O) groups is 1. The number of nitrogens with one attached hydrogen (secondary N) is 3. The number of rotatable bonds is 7. The van der Waals surface area contributed by atoms with Crippen molar-refractivity contribution in [2.75, 3.05) is 25.5 Å². The van der Waals surface area contributed by atoms with Crippen molar-refractivity contribution in [3.05, 3.63) is 76.0 Å². The molecule has 2 amide bonds. The van der Waals surface area contributed by atoms with E-state index in [2.05, 4.69) is 34.8 Å². The van der Waals surface area contributed by atoms with Crippen LogP contribution in [0.25, 0.3) is 0 Å². The number of carbonyl (C=O) groups excluding carboxylic acids is 1. The normalized spacial score (nSPS) is 14.6. The Morgan fingerprint density at radius 2 is 1.94 bits per heavy atom. The van der Waals surface area contributed by atoms with Crippen LogP contribution in [-0.2, 0) is 12.0 Å². The Balaban J connectivity index is 1.33. The summed E-state index contributed by atoms with van der Waals surface area (Å²) in [6.45, 7) is 6.27. The van der Waals surface area contributed by atoms with Crippen LogP contribution in [0.15, 0.2) is 47.8 Å². The van der Waals surface area contributed by atoms with Gasteiger partial charge in [-0.15, -0.1) is 11.3 Å². The number of benzene rings is 2. The van der Waals surface area contributed by atoms with Gasteiger partial charge in [-0.25, -0.2) is 14.2 Å². The van der Waals surface area contributed by atoms with Crippen molar-refractivity contribution in [1.29, 1.82) is 0 Å². The summed E-state index contributed by atoms with van der Waals surface area (Å²) < 4.78 is 19.9. The summed E-state index contributed by atoms with van der Waals surface area (Å²) in [5.74, 6) is 0.863. The van der Waals surface area contributed by atoms with Crippen LogP contribution < -0.4 is 20.7 Å². The van der Waals surface area contributed by atoms with Gasteiger partial charge in [-0.3, -0.25) is 5.32 Å².